The molecule has 0 aromatic heterocycles. The Balaban J connectivity index is 1.95. The van der Waals surface area contributed by atoms with Gasteiger partial charge in [-0.3, -0.25) is 9.59 Å². The molecule has 2 aromatic rings. The SMILES string of the molecule is Cc1ccccc1C(=O)N[C@H](C(=O)OCC(=O)Nc1ccc(F)c(Cl)c1)C(C)C. The van der Waals surface area contributed by atoms with Gasteiger partial charge in [-0.15, -0.1) is 0 Å². The lowest BCUT2D eigenvalue weighted by Crippen LogP contribution is -2.46. The van der Waals surface area contributed by atoms with E-state index in [1.807, 2.05) is 6.07 Å². The average molecular weight is 421 g/mol. The maximum Gasteiger partial charge on any atom is 0.329 e. The van der Waals surface area contributed by atoms with Gasteiger partial charge >= 0.3 is 5.97 Å². The number of carbonyl (C=O) groups is 3. The number of benzene rings is 2. The van der Waals surface area contributed by atoms with Gasteiger partial charge < -0.3 is 15.4 Å². The third kappa shape index (κ3) is 6.29. The largest absolute Gasteiger partial charge is 0.454 e. The summed E-state index contributed by atoms with van der Waals surface area (Å²) >= 11 is 5.66. The van der Waals surface area contributed by atoms with Crippen LogP contribution < -0.4 is 10.6 Å². The van der Waals surface area contributed by atoms with Crippen molar-refractivity contribution in [3.8, 4) is 0 Å². The first-order valence-electron chi connectivity index (χ1n) is 8.97. The number of anilines is 1. The summed E-state index contributed by atoms with van der Waals surface area (Å²) in [6.45, 7) is 4.75. The van der Waals surface area contributed by atoms with E-state index in [0.29, 0.717) is 5.56 Å². The first kappa shape index (κ1) is 22.4. The Morgan fingerprint density at radius 2 is 1.83 bits per heavy atom. The minimum absolute atomic E-state index is 0.140. The highest BCUT2D eigenvalue weighted by atomic mass is 35.5. The number of ether oxygens (including phenoxy) is 1. The van der Waals surface area contributed by atoms with Gasteiger partial charge in [0.25, 0.3) is 11.8 Å². The van der Waals surface area contributed by atoms with Crippen molar-refractivity contribution in [3.05, 3.63) is 64.4 Å². The Labute approximate surface area is 173 Å². The van der Waals surface area contributed by atoms with Crippen molar-refractivity contribution in [3.63, 3.8) is 0 Å². The van der Waals surface area contributed by atoms with E-state index < -0.39 is 36.2 Å². The molecule has 0 unspecified atom stereocenters. The molecule has 0 saturated carbocycles. The third-order valence-corrected chi connectivity index (χ3v) is 4.44. The summed E-state index contributed by atoms with van der Waals surface area (Å²) in [5.74, 6) is -2.61. The molecule has 2 amide bonds. The maximum absolute atomic E-state index is 13.2. The zero-order valence-electron chi connectivity index (χ0n) is 16.3. The quantitative estimate of drug-likeness (QED) is 0.668. The third-order valence-electron chi connectivity index (χ3n) is 4.15. The number of carbonyl (C=O) groups excluding carboxylic acids is 3. The van der Waals surface area contributed by atoms with Gasteiger partial charge in [-0.25, -0.2) is 9.18 Å². The van der Waals surface area contributed by atoms with Gasteiger partial charge in [0.15, 0.2) is 6.61 Å². The molecule has 0 saturated heterocycles. The van der Waals surface area contributed by atoms with Gasteiger partial charge in [-0.05, 0) is 42.7 Å². The fourth-order valence-corrected chi connectivity index (χ4v) is 2.72. The second-order valence-electron chi connectivity index (χ2n) is 6.79. The van der Waals surface area contributed by atoms with E-state index in [0.717, 1.165) is 11.6 Å². The van der Waals surface area contributed by atoms with Crippen molar-refractivity contribution in [1.82, 2.24) is 5.32 Å². The predicted molar refractivity (Wildman–Crippen MR) is 108 cm³/mol. The molecule has 0 fully saturated rings. The number of hydrogen-bond donors (Lipinski definition) is 2. The van der Waals surface area contributed by atoms with E-state index >= 15 is 0 Å². The molecule has 154 valence electrons. The Hall–Kier alpha value is -2.93. The molecule has 2 rings (SSSR count). The van der Waals surface area contributed by atoms with Gasteiger partial charge in [0.2, 0.25) is 0 Å². The van der Waals surface area contributed by atoms with Crippen LogP contribution in [0.15, 0.2) is 42.5 Å². The van der Waals surface area contributed by atoms with Crippen LogP contribution in [0.1, 0.15) is 29.8 Å². The molecular weight excluding hydrogens is 399 g/mol. The van der Waals surface area contributed by atoms with Crippen LogP contribution >= 0.6 is 11.6 Å². The van der Waals surface area contributed by atoms with E-state index in [1.165, 1.54) is 12.1 Å². The average Bonchev–Trinajstić information content (AvgIpc) is 2.67. The number of rotatable bonds is 7. The summed E-state index contributed by atoms with van der Waals surface area (Å²) in [5.41, 5.74) is 1.50. The number of nitrogens with one attached hydrogen (secondary N) is 2. The second kappa shape index (κ2) is 10.0. The second-order valence-corrected chi connectivity index (χ2v) is 7.20. The molecule has 29 heavy (non-hydrogen) atoms. The molecule has 0 aliphatic heterocycles. The van der Waals surface area contributed by atoms with Crippen LogP contribution in [0, 0.1) is 18.7 Å². The Morgan fingerprint density at radius 3 is 2.45 bits per heavy atom. The number of esters is 1. The molecule has 2 aromatic carbocycles. The molecule has 0 bridgehead atoms. The molecule has 2 N–H and O–H groups in total. The van der Waals surface area contributed by atoms with Crippen molar-refractivity contribution in [2.75, 3.05) is 11.9 Å². The van der Waals surface area contributed by atoms with Crippen LogP contribution in [-0.2, 0) is 14.3 Å². The van der Waals surface area contributed by atoms with Crippen LogP contribution in [0.25, 0.3) is 0 Å². The first-order chi connectivity index (χ1) is 13.7. The molecule has 1 atom stereocenters. The van der Waals surface area contributed by atoms with E-state index in [4.69, 9.17) is 16.3 Å². The molecule has 0 spiro atoms. The van der Waals surface area contributed by atoms with Gasteiger partial charge in [0.1, 0.15) is 11.9 Å². The summed E-state index contributed by atoms with van der Waals surface area (Å²) in [5, 5.41) is 4.97. The van der Waals surface area contributed by atoms with Crippen LogP contribution in [-0.4, -0.2) is 30.4 Å². The van der Waals surface area contributed by atoms with Crippen molar-refractivity contribution in [1.29, 1.82) is 0 Å². The number of aryl methyl sites for hydroxylation is 1. The standard InChI is InChI=1S/C21H22ClFN2O4/c1-12(2)19(25-20(27)15-7-5-4-6-13(15)3)21(28)29-11-18(26)24-14-8-9-17(23)16(22)10-14/h4-10,12,19H,11H2,1-3H3,(H,24,26)(H,25,27)/t19-/m0/s1. The van der Waals surface area contributed by atoms with Crippen molar-refractivity contribution in [2.24, 2.45) is 5.92 Å². The number of halogens is 2. The zero-order valence-corrected chi connectivity index (χ0v) is 17.0. The Morgan fingerprint density at radius 1 is 1.14 bits per heavy atom. The van der Waals surface area contributed by atoms with Crippen LogP contribution in [0.4, 0.5) is 10.1 Å². The molecule has 6 nitrogen and oxygen atoms in total. The smallest absolute Gasteiger partial charge is 0.329 e. The van der Waals surface area contributed by atoms with Gasteiger partial charge in [0, 0.05) is 11.3 Å². The Kier molecular flexibility index (Phi) is 7.73. The van der Waals surface area contributed by atoms with Gasteiger partial charge in [0.05, 0.1) is 5.02 Å². The minimum atomic E-state index is -0.921. The summed E-state index contributed by atoms with van der Waals surface area (Å²) in [7, 11) is 0. The molecule has 0 aliphatic rings. The van der Waals surface area contributed by atoms with Crippen molar-refractivity contribution < 1.29 is 23.5 Å². The molecule has 0 aliphatic carbocycles. The monoisotopic (exact) mass is 420 g/mol. The van der Waals surface area contributed by atoms with Gasteiger partial charge in [-0.1, -0.05) is 43.6 Å². The molecule has 0 radical (unpaired) electrons. The van der Waals surface area contributed by atoms with E-state index in [1.54, 1.807) is 39.0 Å². The molecular formula is C21H22ClFN2O4. The highest BCUT2D eigenvalue weighted by molar-refractivity contribution is 6.31. The van der Waals surface area contributed by atoms with Crippen LogP contribution in [0.2, 0.25) is 5.02 Å². The Bertz CT molecular complexity index is 917. The van der Waals surface area contributed by atoms with Gasteiger partial charge in [-0.2, -0.15) is 0 Å². The lowest BCUT2D eigenvalue weighted by Gasteiger charge is -2.21. The van der Waals surface area contributed by atoms with E-state index in [2.05, 4.69) is 10.6 Å². The minimum Gasteiger partial charge on any atom is -0.454 e. The molecule has 8 heteroatoms. The highest BCUT2D eigenvalue weighted by Gasteiger charge is 2.27. The van der Waals surface area contributed by atoms with Crippen molar-refractivity contribution >= 4 is 35.1 Å². The van der Waals surface area contributed by atoms with Crippen LogP contribution in [0.3, 0.4) is 0 Å². The first-order valence-corrected chi connectivity index (χ1v) is 9.35. The zero-order chi connectivity index (χ0) is 21.6. The lowest BCUT2D eigenvalue weighted by molar-refractivity contribution is -0.150. The van der Waals surface area contributed by atoms with E-state index in [-0.39, 0.29) is 16.6 Å². The normalized spacial score (nSPS) is 11.7. The summed E-state index contributed by atoms with van der Waals surface area (Å²) in [6.07, 6.45) is 0. The number of hydrogen-bond acceptors (Lipinski definition) is 4. The summed E-state index contributed by atoms with van der Waals surface area (Å²) in [6, 6.07) is 9.77. The van der Waals surface area contributed by atoms with E-state index in [9.17, 15) is 18.8 Å². The van der Waals surface area contributed by atoms with Crippen LogP contribution in [0.5, 0.6) is 0 Å². The fourth-order valence-electron chi connectivity index (χ4n) is 2.54. The summed E-state index contributed by atoms with van der Waals surface area (Å²) in [4.78, 5) is 36.9. The highest BCUT2D eigenvalue weighted by Crippen LogP contribution is 2.19. The van der Waals surface area contributed by atoms with Crippen molar-refractivity contribution in [2.45, 2.75) is 26.8 Å². The predicted octanol–water partition coefficient (Wildman–Crippen LogP) is 3.72. The number of amides is 2. The topological polar surface area (TPSA) is 84.5 Å². The lowest BCUT2D eigenvalue weighted by atomic mass is 10.0. The summed E-state index contributed by atoms with van der Waals surface area (Å²) < 4.78 is 18.2. The maximum atomic E-state index is 13.2. The fraction of sp³-hybridized carbons (Fsp3) is 0.286. The molecule has 0 heterocycles.